The van der Waals surface area contributed by atoms with Gasteiger partial charge in [-0.1, -0.05) is 36.7 Å². The van der Waals surface area contributed by atoms with Gasteiger partial charge in [0.15, 0.2) is 0 Å². The number of carbonyl (C=O) groups is 1. The first-order chi connectivity index (χ1) is 9.67. The number of carbonyl (C=O) groups excluding carboxylic acids is 1. The van der Waals surface area contributed by atoms with Crippen molar-refractivity contribution in [1.29, 1.82) is 0 Å². The molecule has 1 aliphatic rings. The third-order valence-electron chi connectivity index (χ3n) is 3.97. The van der Waals surface area contributed by atoms with E-state index in [1.807, 2.05) is 31.2 Å². The van der Waals surface area contributed by atoms with Crippen molar-refractivity contribution in [2.24, 2.45) is 16.8 Å². The topological polar surface area (TPSA) is 87.7 Å². The lowest BCUT2D eigenvalue weighted by atomic mass is 10.0. The number of rotatable bonds is 4. The highest BCUT2D eigenvalue weighted by Crippen LogP contribution is 2.26. The maximum absolute atomic E-state index is 12.4. The van der Waals surface area contributed by atoms with Gasteiger partial charge in [-0.15, -0.1) is 0 Å². The molecule has 1 aromatic rings. The maximum atomic E-state index is 12.4. The lowest BCUT2D eigenvalue weighted by Gasteiger charge is -2.20. The molecule has 1 aliphatic carbocycles. The quantitative estimate of drug-likeness (QED) is 0.339. The molecule has 0 aliphatic heterocycles. The highest BCUT2D eigenvalue weighted by atomic mass is 16.4. The Morgan fingerprint density at radius 1 is 1.45 bits per heavy atom. The second-order valence-electron chi connectivity index (χ2n) is 5.15. The summed E-state index contributed by atoms with van der Waals surface area (Å²) in [6, 6.07) is 7.55. The van der Waals surface area contributed by atoms with E-state index >= 15 is 0 Å². The van der Waals surface area contributed by atoms with Crippen LogP contribution in [0.3, 0.4) is 0 Å². The highest BCUT2D eigenvalue weighted by Gasteiger charge is 2.32. The Labute approximate surface area is 118 Å². The van der Waals surface area contributed by atoms with E-state index in [9.17, 15) is 4.79 Å². The van der Waals surface area contributed by atoms with Crippen LogP contribution in [0.4, 0.5) is 0 Å². The SMILES string of the molecule is CCc1ccccc1C(=O)NC1CCCC1/C(N)=N/O. The molecule has 0 spiro atoms. The molecule has 20 heavy (non-hydrogen) atoms. The Morgan fingerprint density at radius 3 is 2.90 bits per heavy atom. The van der Waals surface area contributed by atoms with Crippen molar-refractivity contribution >= 4 is 11.7 Å². The molecule has 2 unspecified atom stereocenters. The summed E-state index contributed by atoms with van der Waals surface area (Å²) in [5, 5.41) is 14.9. The summed E-state index contributed by atoms with van der Waals surface area (Å²) >= 11 is 0. The molecule has 1 aromatic carbocycles. The fraction of sp³-hybridized carbons (Fsp3) is 0.467. The van der Waals surface area contributed by atoms with Crippen LogP contribution in [0.2, 0.25) is 0 Å². The predicted molar refractivity (Wildman–Crippen MR) is 77.8 cm³/mol. The molecule has 0 heterocycles. The number of benzene rings is 1. The maximum Gasteiger partial charge on any atom is 0.251 e. The normalized spacial score (nSPS) is 22.8. The summed E-state index contributed by atoms with van der Waals surface area (Å²) in [5.74, 6) is 0.0550. The number of hydrogen-bond donors (Lipinski definition) is 3. The van der Waals surface area contributed by atoms with Gasteiger partial charge in [0.25, 0.3) is 5.91 Å². The van der Waals surface area contributed by atoms with Crippen molar-refractivity contribution < 1.29 is 10.0 Å². The predicted octanol–water partition coefficient (Wildman–Crippen LogP) is 1.89. The first-order valence-corrected chi connectivity index (χ1v) is 7.03. The first kappa shape index (κ1) is 14.4. The molecule has 1 fully saturated rings. The zero-order valence-corrected chi connectivity index (χ0v) is 11.7. The molecule has 0 saturated heterocycles. The van der Waals surface area contributed by atoms with Gasteiger partial charge in [0.05, 0.1) is 0 Å². The van der Waals surface area contributed by atoms with Crippen LogP contribution in [0.5, 0.6) is 0 Å². The fourth-order valence-electron chi connectivity index (χ4n) is 2.86. The van der Waals surface area contributed by atoms with E-state index in [1.54, 1.807) is 0 Å². The van der Waals surface area contributed by atoms with Gasteiger partial charge in [0.2, 0.25) is 0 Å². The van der Waals surface area contributed by atoms with Crippen molar-refractivity contribution in [3.05, 3.63) is 35.4 Å². The number of nitrogens with zero attached hydrogens (tertiary/aromatic N) is 1. The Morgan fingerprint density at radius 2 is 2.20 bits per heavy atom. The summed E-state index contributed by atoms with van der Waals surface area (Å²) in [7, 11) is 0. The smallest absolute Gasteiger partial charge is 0.251 e. The number of hydrogen-bond acceptors (Lipinski definition) is 3. The average molecular weight is 275 g/mol. The van der Waals surface area contributed by atoms with Crippen LogP contribution in [0.25, 0.3) is 0 Å². The first-order valence-electron chi connectivity index (χ1n) is 7.03. The summed E-state index contributed by atoms with van der Waals surface area (Å²) in [5.41, 5.74) is 7.43. The molecular weight excluding hydrogens is 254 g/mol. The second-order valence-corrected chi connectivity index (χ2v) is 5.15. The van der Waals surface area contributed by atoms with Crippen molar-refractivity contribution in [2.45, 2.75) is 38.6 Å². The van der Waals surface area contributed by atoms with E-state index < -0.39 is 0 Å². The van der Waals surface area contributed by atoms with Crippen LogP contribution in [0.15, 0.2) is 29.4 Å². The Balaban J connectivity index is 2.11. The van der Waals surface area contributed by atoms with Gasteiger partial charge in [0.1, 0.15) is 5.84 Å². The number of nitrogens with two attached hydrogens (primary N) is 1. The van der Waals surface area contributed by atoms with Gasteiger partial charge in [-0.2, -0.15) is 0 Å². The molecule has 2 rings (SSSR count). The highest BCUT2D eigenvalue weighted by molar-refractivity contribution is 5.96. The number of aryl methyl sites for hydroxylation is 1. The van der Waals surface area contributed by atoms with Crippen LogP contribution >= 0.6 is 0 Å². The second kappa shape index (κ2) is 6.41. The molecule has 108 valence electrons. The van der Waals surface area contributed by atoms with Crippen molar-refractivity contribution in [1.82, 2.24) is 5.32 Å². The Bertz CT molecular complexity index is 514. The van der Waals surface area contributed by atoms with Crippen LogP contribution < -0.4 is 11.1 Å². The molecule has 0 aromatic heterocycles. The van der Waals surface area contributed by atoms with Crippen molar-refractivity contribution in [3.63, 3.8) is 0 Å². The Hall–Kier alpha value is -2.04. The van der Waals surface area contributed by atoms with Crippen molar-refractivity contribution in [3.8, 4) is 0 Å². The number of oxime groups is 1. The molecule has 4 N–H and O–H groups in total. The van der Waals surface area contributed by atoms with E-state index in [4.69, 9.17) is 10.9 Å². The zero-order valence-electron chi connectivity index (χ0n) is 11.7. The summed E-state index contributed by atoms with van der Waals surface area (Å²) in [4.78, 5) is 12.4. The molecule has 2 atom stereocenters. The van der Waals surface area contributed by atoms with Gasteiger partial charge in [-0.3, -0.25) is 4.79 Å². The van der Waals surface area contributed by atoms with E-state index in [0.717, 1.165) is 31.2 Å². The molecular formula is C15H21N3O2. The molecule has 1 amide bonds. The molecule has 5 heteroatoms. The van der Waals surface area contributed by atoms with E-state index in [0.29, 0.717) is 5.56 Å². The van der Waals surface area contributed by atoms with Crippen LogP contribution in [-0.4, -0.2) is 23.0 Å². The minimum Gasteiger partial charge on any atom is -0.409 e. The van der Waals surface area contributed by atoms with Gasteiger partial charge in [0, 0.05) is 17.5 Å². The summed E-state index contributed by atoms with van der Waals surface area (Å²) < 4.78 is 0. The lowest BCUT2D eigenvalue weighted by molar-refractivity contribution is 0.0932. The standard InChI is InChI=1S/C15H21N3O2/c1-2-10-6-3-4-7-11(10)15(19)17-13-9-5-8-12(13)14(16)18-20/h3-4,6-7,12-13,20H,2,5,8-9H2,1H3,(H2,16,18)(H,17,19). The third kappa shape index (κ3) is 2.92. The van der Waals surface area contributed by atoms with Crippen LogP contribution in [0.1, 0.15) is 42.1 Å². The fourth-order valence-corrected chi connectivity index (χ4v) is 2.86. The average Bonchev–Trinajstić information content (AvgIpc) is 2.94. The minimum absolute atomic E-state index is 0.0525. The molecule has 0 bridgehead atoms. The number of amides is 1. The zero-order chi connectivity index (χ0) is 14.5. The number of nitrogens with one attached hydrogen (secondary N) is 1. The lowest BCUT2D eigenvalue weighted by Crippen LogP contribution is -2.42. The van der Waals surface area contributed by atoms with Crippen LogP contribution in [-0.2, 0) is 6.42 Å². The largest absolute Gasteiger partial charge is 0.409 e. The van der Waals surface area contributed by atoms with Gasteiger partial charge in [-0.05, 0) is 30.9 Å². The third-order valence-corrected chi connectivity index (χ3v) is 3.97. The molecule has 5 nitrogen and oxygen atoms in total. The van der Waals surface area contributed by atoms with Gasteiger partial charge < -0.3 is 16.3 Å². The van der Waals surface area contributed by atoms with Crippen LogP contribution in [0, 0.1) is 5.92 Å². The van der Waals surface area contributed by atoms with E-state index in [2.05, 4.69) is 10.5 Å². The Kier molecular flexibility index (Phi) is 4.61. The number of amidine groups is 1. The summed E-state index contributed by atoms with van der Waals surface area (Å²) in [6.07, 6.45) is 3.50. The van der Waals surface area contributed by atoms with Crippen molar-refractivity contribution in [2.75, 3.05) is 0 Å². The van der Waals surface area contributed by atoms with E-state index in [-0.39, 0.29) is 23.7 Å². The van der Waals surface area contributed by atoms with Gasteiger partial charge >= 0.3 is 0 Å². The monoisotopic (exact) mass is 275 g/mol. The molecule has 1 saturated carbocycles. The van der Waals surface area contributed by atoms with Gasteiger partial charge in [-0.25, -0.2) is 0 Å². The summed E-state index contributed by atoms with van der Waals surface area (Å²) in [6.45, 7) is 2.03. The minimum atomic E-state index is -0.0786. The molecule has 0 radical (unpaired) electrons. The van der Waals surface area contributed by atoms with E-state index in [1.165, 1.54) is 0 Å².